The van der Waals surface area contributed by atoms with E-state index in [2.05, 4.69) is 15.4 Å². The lowest BCUT2D eigenvalue weighted by molar-refractivity contribution is -0.125. The van der Waals surface area contributed by atoms with Gasteiger partial charge in [0.05, 0.1) is 19.2 Å². The first-order chi connectivity index (χ1) is 19.7. The monoisotopic (exact) mass is 567 g/mol. The molecule has 1 unspecified atom stereocenters. The van der Waals surface area contributed by atoms with E-state index in [9.17, 15) is 33.5 Å². The number of nitrogens with one attached hydrogen (secondary N) is 2. The molecule has 1 atom stereocenters. The first kappa shape index (κ1) is 29.1. The largest absolute Gasteiger partial charge is 0.464 e. The van der Waals surface area contributed by atoms with Gasteiger partial charge in [0.15, 0.2) is 0 Å². The molecule has 41 heavy (non-hydrogen) atoms. The third kappa shape index (κ3) is 6.99. The molecule has 1 aromatic carbocycles. The number of aromatic nitrogens is 2. The summed E-state index contributed by atoms with van der Waals surface area (Å²) in [5.41, 5.74) is -0.247. The van der Waals surface area contributed by atoms with Gasteiger partial charge in [0, 0.05) is 30.4 Å². The van der Waals surface area contributed by atoms with Crippen LogP contribution >= 0.6 is 0 Å². The van der Waals surface area contributed by atoms with E-state index in [1.807, 2.05) is 0 Å². The van der Waals surface area contributed by atoms with Crippen LogP contribution in [0.15, 0.2) is 59.5 Å². The molecule has 1 saturated heterocycles. The number of hydrogen-bond acceptors (Lipinski definition) is 6. The molecule has 0 bridgehead atoms. The summed E-state index contributed by atoms with van der Waals surface area (Å²) < 4.78 is 20.5. The van der Waals surface area contributed by atoms with Crippen LogP contribution in [0.3, 0.4) is 0 Å². The van der Waals surface area contributed by atoms with Crippen molar-refractivity contribution >= 4 is 40.6 Å². The summed E-state index contributed by atoms with van der Waals surface area (Å²) in [6.07, 6.45) is 4.71. The van der Waals surface area contributed by atoms with E-state index in [0.29, 0.717) is 24.9 Å². The number of carbonyl (C=O) groups is 4. The molecule has 0 saturated carbocycles. The molecule has 0 aliphatic carbocycles. The van der Waals surface area contributed by atoms with Gasteiger partial charge in [0.1, 0.15) is 17.5 Å². The number of methoxy groups -OCH3 is 1. The number of likely N-dealkylation sites (tertiary alicyclic amines) is 1. The fourth-order valence-corrected chi connectivity index (χ4v) is 4.70. The number of fused-ring (bicyclic) bond motifs is 1. The maximum absolute atomic E-state index is 13.7. The second-order valence-corrected chi connectivity index (χ2v) is 9.50. The maximum atomic E-state index is 13.7. The third-order valence-corrected chi connectivity index (χ3v) is 6.74. The van der Waals surface area contributed by atoms with E-state index in [4.69, 9.17) is 0 Å². The first-order valence-electron chi connectivity index (χ1n) is 13.0. The van der Waals surface area contributed by atoms with Crippen LogP contribution < -0.4 is 16.2 Å². The number of rotatable bonds is 9. The summed E-state index contributed by atoms with van der Waals surface area (Å²) in [5.74, 6) is -1.32. The van der Waals surface area contributed by atoms with Crippen LogP contribution in [0.2, 0.25) is 0 Å². The molecule has 216 valence electrons. The minimum Gasteiger partial charge on any atom is -0.464 e. The maximum Gasteiger partial charge on any atom is 0.416 e. The van der Waals surface area contributed by atoms with Gasteiger partial charge in [0.25, 0.3) is 5.56 Å². The number of amides is 3. The lowest BCUT2D eigenvalue weighted by atomic mass is 10.1. The van der Waals surface area contributed by atoms with Crippen molar-refractivity contribution < 1.29 is 33.4 Å². The van der Waals surface area contributed by atoms with E-state index in [1.165, 1.54) is 47.2 Å². The van der Waals surface area contributed by atoms with Crippen molar-refractivity contribution in [3.8, 4) is 0 Å². The van der Waals surface area contributed by atoms with Crippen LogP contribution in [-0.2, 0) is 20.9 Å². The van der Waals surface area contributed by atoms with E-state index in [1.54, 1.807) is 11.0 Å². The normalized spacial score (nSPS) is 13.9. The molecule has 1 fully saturated rings. The molecule has 12 nitrogen and oxygen atoms in total. The zero-order chi connectivity index (χ0) is 29.5. The molecule has 3 amide bonds. The molecule has 2 aromatic heterocycles. The van der Waals surface area contributed by atoms with Crippen LogP contribution in [0.25, 0.3) is 10.9 Å². The fraction of sp³-hybridized carbons (Fsp3) is 0.321. The van der Waals surface area contributed by atoms with Crippen LogP contribution in [0.1, 0.15) is 31.4 Å². The van der Waals surface area contributed by atoms with Crippen molar-refractivity contribution in [2.45, 2.75) is 38.3 Å². The Kier molecular flexibility index (Phi) is 9.17. The second kappa shape index (κ2) is 12.9. The minimum absolute atomic E-state index is 0.0991. The van der Waals surface area contributed by atoms with Gasteiger partial charge in [0.2, 0.25) is 11.8 Å². The Hall–Kier alpha value is -4.94. The number of carbonyl (C=O) groups excluding carboxylic acids is 3. The Morgan fingerprint density at radius 2 is 1.90 bits per heavy atom. The predicted molar refractivity (Wildman–Crippen MR) is 147 cm³/mol. The Labute approximate surface area is 234 Å². The van der Waals surface area contributed by atoms with Crippen molar-refractivity contribution in [3.05, 3.63) is 76.6 Å². The van der Waals surface area contributed by atoms with Crippen molar-refractivity contribution in [1.29, 1.82) is 0 Å². The molecule has 0 radical (unpaired) electrons. The summed E-state index contributed by atoms with van der Waals surface area (Å²) in [6, 6.07) is 6.96. The summed E-state index contributed by atoms with van der Waals surface area (Å²) in [5, 5.41) is 15.0. The average molecular weight is 568 g/mol. The number of pyridine rings is 1. The van der Waals surface area contributed by atoms with Crippen molar-refractivity contribution in [2.24, 2.45) is 0 Å². The fourth-order valence-electron chi connectivity index (χ4n) is 4.70. The van der Waals surface area contributed by atoms with Crippen LogP contribution in [0.5, 0.6) is 0 Å². The molecule has 13 heteroatoms. The van der Waals surface area contributed by atoms with Gasteiger partial charge in [-0.05, 0) is 68.2 Å². The van der Waals surface area contributed by atoms with Crippen LogP contribution in [0, 0.1) is 5.82 Å². The highest BCUT2D eigenvalue weighted by molar-refractivity contribution is 5.96. The third-order valence-electron chi connectivity index (χ3n) is 6.74. The number of anilines is 1. The number of nitrogens with zero attached hydrogens (tertiary/aromatic N) is 3. The Morgan fingerprint density at radius 3 is 2.61 bits per heavy atom. The minimum atomic E-state index is -1.30. The molecule has 3 N–H and O–H groups in total. The van der Waals surface area contributed by atoms with E-state index in [-0.39, 0.29) is 35.8 Å². The highest BCUT2D eigenvalue weighted by Crippen LogP contribution is 2.22. The van der Waals surface area contributed by atoms with E-state index in [0.717, 1.165) is 30.6 Å². The quantitative estimate of drug-likeness (QED) is 0.336. The number of ether oxygens (including phenoxy) is 1. The summed E-state index contributed by atoms with van der Waals surface area (Å²) in [6.45, 7) is 1.25. The highest BCUT2D eigenvalue weighted by atomic mass is 19.1. The van der Waals surface area contributed by atoms with Gasteiger partial charge in [-0.25, -0.2) is 18.5 Å². The van der Waals surface area contributed by atoms with Gasteiger partial charge in [-0.1, -0.05) is 6.08 Å². The molecular weight excluding hydrogens is 537 g/mol. The molecule has 4 rings (SSSR count). The molecular formula is C28H30FN5O7. The summed E-state index contributed by atoms with van der Waals surface area (Å²) in [4.78, 5) is 64.0. The highest BCUT2D eigenvalue weighted by Gasteiger charge is 2.23. The average Bonchev–Trinajstić information content (AvgIpc) is 3.60. The van der Waals surface area contributed by atoms with Gasteiger partial charge < -0.3 is 29.9 Å². The Bertz CT molecular complexity index is 1550. The lowest BCUT2D eigenvalue weighted by Crippen LogP contribution is -2.44. The summed E-state index contributed by atoms with van der Waals surface area (Å²) in [7, 11) is 1.15. The van der Waals surface area contributed by atoms with Gasteiger partial charge >= 0.3 is 12.2 Å². The Balaban J connectivity index is 1.49. The molecule has 0 spiro atoms. The van der Waals surface area contributed by atoms with Gasteiger partial charge in [-0.3, -0.25) is 14.4 Å². The van der Waals surface area contributed by atoms with Crippen molar-refractivity contribution in [1.82, 2.24) is 19.4 Å². The molecule has 1 aliphatic heterocycles. The van der Waals surface area contributed by atoms with Crippen LogP contribution in [-0.4, -0.2) is 69.4 Å². The number of benzene rings is 1. The standard InChI is InChI=1S/C28H30FN5O7/c1-41-27(38)31-21(7-2-3-9-24(35)32-12-4-5-13-32)25(36)30-22-8-6-14-33(26(22)37)17-20-16-18-15-19(29)10-11-23(18)34(20)28(39)40/h3,6,8-11,14-16,21H,2,4-5,7,12-13,17H2,1H3,(H,30,36)(H,31,38)(H,39,40). The zero-order valence-corrected chi connectivity index (χ0v) is 22.3. The number of carboxylic acid groups (broad SMARTS) is 1. The van der Waals surface area contributed by atoms with E-state index >= 15 is 0 Å². The first-order valence-corrected chi connectivity index (χ1v) is 13.0. The van der Waals surface area contributed by atoms with Gasteiger partial charge in [-0.15, -0.1) is 0 Å². The molecule has 3 heterocycles. The number of hydrogen-bond donors (Lipinski definition) is 3. The van der Waals surface area contributed by atoms with Gasteiger partial charge in [-0.2, -0.15) is 0 Å². The molecule has 3 aromatic rings. The number of allylic oxidation sites excluding steroid dienone is 1. The zero-order valence-electron chi connectivity index (χ0n) is 22.3. The van der Waals surface area contributed by atoms with Crippen molar-refractivity contribution in [3.63, 3.8) is 0 Å². The predicted octanol–water partition coefficient (Wildman–Crippen LogP) is 3.14. The lowest BCUT2D eigenvalue weighted by Gasteiger charge is -2.17. The van der Waals surface area contributed by atoms with Crippen molar-refractivity contribution in [2.75, 3.05) is 25.5 Å². The number of alkyl carbamates (subject to hydrolysis) is 1. The smallest absolute Gasteiger partial charge is 0.416 e. The van der Waals surface area contributed by atoms with E-state index < -0.39 is 35.5 Å². The topological polar surface area (TPSA) is 152 Å². The SMILES string of the molecule is COC(=O)NC(CCC=CC(=O)N1CCCC1)C(=O)Nc1cccn(Cc2cc3cc(F)ccc3n2C(=O)O)c1=O. The summed E-state index contributed by atoms with van der Waals surface area (Å²) >= 11 is 0. The van der Waals surface area contributed by atoms with Crippen LogP contribution in [0.4, 0.5) is 19.7 Å². The second-order valence-electron chi connectivity index (χ2n) is 9.50. The number of halogens is 1. The Morgan fingerprint density at radius 1 is 1.15 bits per heavy atom. The molecule has 1 aliphatic rings.